The van der Waals surface area contributed by atoms with Gasteiger partial charge >= 0.3 is 0 Å². The third-order valence-corrected chi connectivity index (χ3v) is 7.45. The SMILES string of the molecule is COc1cc(OCc2csc(C3(O)CCOC3)n2)c2cc(-c3cn4nc(C)sc4n3)oc2c1. The molecule has 11 heteroatoms. The fraction of sp³-hybridized carbons (Fsp3) is 0.318. The van der Waals surface area contributed by atoms with Gasteiger partial charge < -0.3 is 23.7 Å². The lowest BCUT2D eigenvalue weighted by atomic mass is 10.1. The Morgan fingerprint density at radius 3 is 2.97 bits per heavy atom. The summed E-state index contributed by atoms with van der Waals surface area (Å²) in [6.07, 6.45) is 2.40. The van der Waals surface area contributed by atoms with Crippen molar-refractivity contribution in [2.45, 2.75) is 25.6 Å². The van der Waals surface area contributed by atoms with Crippen molar-refractivity contribution in [2.75, 3.05) is 20.3 Å². The zero-order valence-corrected chi connectivity index (χ0v) is 19.5. The summed E-state index contributed by atoms with van der Waals surface area (Å²) in [6.45, 7) is 3.01. The molecule has 1 aliphatic rings. The van der Waals surface area contributed by atoms with Crippen molar-refractivity contribution in [1.82, 2.24) is 19.6 Å². The molecular formula is C22H20N4O5S2. The van der Waals surface area contributed by atoms with Crippen LogP contribution in [0.1, 0.15) is 22.1 Å². The molecule has 5 heterocycles. The van der Waals surface area contributed by atoms with Crippen molar-refractivity contribution < 1.29 is 23.7 Å². The topological polar surface area (TPSA) is 104 Å². The van der Waals surface area contributed by atoms with Gasteiger partial charge in [0.2, 0.25) is 4.96 Å². The minimum absolute atomic E-state index is 0.250. The highest BCUT2D eigenvalue weighted by Crippen LogP contribution is 2.38. The van der Waals surface area contributed by atoms with Gasteiger partial charge in [-0.1, -0.05) is 11.3 Å². The van der Waals surface area contributed by atoms with Crippen LogP contribution in [0.2, 0.25) is 0 Å². The van der Waals surface area contributed by atoms with Gasteiger partial charge in [0.05, 0.1) is 31.0 Å². The maximum atomic E-state index is 10.7. The Hall–Kier alpha value is -2.99. The Balaban J connectivity index is 1.30. The standard InChI is InChI=1S/C22H20N4O5S2/c1-12-25-26-8-16(24-21(26)33-12)19-7-15-17(5-14(28-2)6-18(15)31-19)30-9-13-10-32-20(23-13)22(27)3-4-29-11-22/h5-8,10,27H,3-4,9,11H2,1-2H3. The number of hydrogen-bond donors (Lipinski definition) is 1. The highest BCUT2D eigenvalue weighted by molar-refractivity contribution is 7.16. The van der Waals surface area contributed by atoms with Gasteiger partial charge in [0, 0.05) is 30.5 Å². The average molecular weight is 485 g/mol. The molecule has 0 amide bonds. The summed E-state index contributed by atoms with van der Waals surface area (Å²) in [5.74, 6) is 1.86. The molecule has 1 unspecified atom stereocenters. The van der Waals surface area contributed by atoms with Gasteiger partial charge in [0.15, 0.2) is 5.76 Å². The molecule has 33 heavy (non-hydrogen) atoms. The van der Waals surface area contributed by atoms with E-state index in [9.17, 15) is 5.11 Å². The van der Waals surface area contributed by atoms with Crippen LogP contribution in [0.25, 0.3) is 27.4 Å². The molecule has 0 bridgehead atoms. The molecule has 0 radical (unpaired) electrons. The highest BCUT2D eigenvalue weighted by atomic mass is 32.1. The van der Waals surface area contributed by atoms with E-state index in [1.807, 2.05) is 36.7 Å². The number of ether oxygens (including phenoxy) is 3. The van der Waals surface area contributed by atoms with Crippen LogP contribution in [0, 0.1) is 6.92 Å². The first kappa shape index (κ1) is 20.6. The molecule has 4 aromatic heterocycles. The van der Waals surface area contributed by atoms with Crippen molar-refractivity contribution >= 4 is 38.6 Å². The monoisotopic (exact) mass is 484 g/mol. The average Bonchev–Trinajstić information content (AvgIpc) is 3.59. The smallest absolute Gasteiger partial charge is 0.212 e. The zero-order chi connectivity index (χ0) is 22.6. The summed E-state index contributed by atoms with van der Waals surface area (Å²) < 4.78 is 24.7. The Bertz CT molecular complexity index is 1430. The lowest BCUT2D eigenvalue weighted by Crippen LogP contribution is -2.25. The molecule has 1 aromatic carbocycles. The van der Waals surface area contributed by atoms with Gasteiger partial charge in [-0.2, -0.15) is 5.10 Å². The maximum absolute atomic E-state index is 10.7. The third-order valence-electron chi connectivity index (χ3n) is 5.53. The number of nitrogens with zero attached hydrogens (tertiary/aromatic N) is 4. The molecule has 9 nitrogen and oxygen atoms in total. The van der Waals surface area contributed by atoms with Crippen LogP contribution >= 0.6 is 22.7 Å². The van der Waals surface area contributed by atoms with Gasteiger partial charge in [0.1, 0.15) is 45.0 Å². The van der Waals surface area contributed by atoms with Crippen LogP contribution in [0.3, 0.4) is 0 Å². The van der Waals surface area contributed by atoms with E-state index in [0.717, 1.165) is 21.0 Å². The molecule has 6 rings (SSSR count). The Morgan fingerprint density at radius 2 is 2.18 bits per heavy atom. The zero-order valence-electron chi connectivity index (χ0n) is 17.9. The number of thiazole rings is 1. The Morgan fingerprint density at radius 1 is 1.27 bits per heavy atom. The number of aliphatic hydroxyl groups is 1. The number of hydrogen-bond acceptors (Lipinski definition) is 10. The van der Waals surface area contributed by atoms with Crippen LogP contribution in [-0.4, -0.2) is 45.0 Å². The minimum Gasteiger partial charge on any atom is -0.496 e. The summed E-state index contributed by atoms with van der Waals surface area (Å²) in [6, 6.07) is 5.56. The molecule has 0 spiro atoms. The summed E-state index contributed by atoms with van der Waals surface area (Å²) in [5.41, 5.74) is 1.07. The van der Waals surface area contributed by atoms with Crippen molar-refractivity contribution in [3.05, 3.63) is 45.5 Å². The largest absolute Gasteiger partial charge is 0.496 e. The number of furan rings is 1. The van der Waals surface area contributed by atoms with Crippen molar-refractivity contribution in [1.29, 1.82) is 0 Å². The first-order valence-corrected chi connectivity index (χ1v) is 12.0. The fourth-order valence-electron chi connectivity index (χ4n) is 3.83. The van der Waals surface area contributed by atoms with Crippen LogP contribution in [0.15, 0.2) is 34.2 Å². The predicted octanol–water partition coefficient (Wildman–Crippen LogP) is 4.16. The minimum atomic E-state index is -1.00. The van der Waals surface area contributed by atoms with Crippen molar-refractivity contribution in [2.24, 2.45) is 0 Å². The molecule has 1 aliphatic heterocycles. The molecule has 1 saturated heterocycles. The van der Waals surface area contributed by atoms with E-state index in [4.69, 9.17) is 18.6 Å². The van der Waals surface area contributed by atoms with E-state index in [0.29, 0.717) is 46.6 Å². The summed E-state index contributed by atoms with van der Waals surface area (Å²) in [4.78, 5) is 10.0. The second-order valence-corrected chi connectivity index (χ2v) is 9.91. The van der Waals surface area contributed by atoms with Crippen molar-refractivity contribution in [3.8, 4) is 23.0 Å². The van der Waals surface area contributed by atoms with Crippen LogP contribution in [0.4, 0.5) is 0 Å². The van der Waals surface area contributed by atoms with Crippen LogP contribution < -0.4 is 9.47 Å². The second-order valence-electron chi connectivity index (χ2n) is 7.89. The molecule has 5 aromatic rings. The van der Waals surface area contributed by atoms with E-state index >= 15 is 0 Å². The second kappa shape index (κ2) is 7.80. The summed E-state index contributed by atoms with van der Waals surface area (Å²) in [5, 5.41) is 19.4. The number of aromatic nitrogens is 4. The normalized spacial score (nSPS) is 18.5. The summed E-state index contributed by atoms with van der Waals surface area (Å²) >= 11 is 2.94. The fourth-order valence-corrected chi connectivity index (χ4v) is 5.47. The van der Waals surface area contributed by atoms with Gasteiger partial charge in [-0.25, -0.2) is 14.5 Å². The number of aryl methyl sites for hydroxylation is 1. The lowest BCUT2D eigenvalue weighted by Gasteiger charge is -2.16. The molecule has 0 saturated carbocycles. The molecule has 1 atom stereocenters. The lowest BCUT2D eigenvalue weighted by molar-refractivity contribution is 0.0228. The van der Waals surface area contributed by atoms with Gasteiger partial charge in [-0.3, -0.25) is 0 Å². The molecule has 170 valence electrons. The number of fused-ring (bicyclic) bond motifs is 2. The number of imidazole rings is 1. The Labute approximate surface area is 196 Å². The number of benzene rings is 1. The van der Waals surface area contributed by atoms with Gasteiger partial charge in [-0.05, 0) is 13.0 Å². The van der Waals surface area contributed by atoms with Crippen molar-refractivity contribution in [3.63, 3.8) is 0 Å². The number of rotatable bonds is 6. The first-order chi connectivity index (χ1) is 16.0. The Kier molecular flexibility index (Phi) is 4.87. The highest BCUT2D eigenvalue weighted by Gasteiger charge is 2.37. The summed E-state index contributed by atoms with van der Waals surface area (Å²) in [7, 11) is 1.60. The molecule has 1 fully saturated rings. The van der Waals surface area contributed by atoms with E-state index in [2.05, 4.69) is 15.1 Å². The number of methoxy groups -OCH3 is 1. The van der Waals surface area contributed by atoms with E-state index in [1.54, 1.807) is 11.6 Å². The van der Waals surface area contributed by atoms with E-state index in [-0.39, 0.29) is 13.2 Å². The van der Waals surface area contributed by atoms with Crippen LogP contribution in [0.5, 0.6) is 11.5 Å². The third kappa shape index (κ3) is 3.66. The van der Waals surface area contributed by atoms with Crippen LogP contribution in [-0.2, 0) is 16.9 Å². The molecular weight excluding hydrogens is 464 g/mol. The molecule has 1 N–H and O–H groups in total. The predicted molar refractivity (Wildman–Crippen MR) is 123 cm³/mol. The maximum Gasteiger partial charge on any atom is 0.212 e. The van der Waals surface area contributed by atoms with Gasteiger partial charge in [-0.15, -0.1) is 11.3 Å². The quantitative estimate of drug-likeness (QED) is 0.383. The van der Waals surface area contributed by atoms with E-state index < -0.39 is 5.60 Å². The first-order valence-electron chi connectivity index (χ1n) is 10.3. The van der Waals surface area contributed by atoms with Gasteiger partial charge in [0.25, 0.3) is 0 Å². The van der Waals surface area contributed by atoms with E-state index in [1.165, 1.54) is 22.7 Å². The molecule has 0 aliphatic carbocycles.